The van der Waals surface area contributed by atoms with Crippen molar-refractivity contribution in [3.63, 3.8) is 0 Å². The summed E-state index contributed by atoms with van der Waals surface area (Å²) in [6.45, 7) is 3.12. The molecule has 0 saturated carbocycles. The fourth-order valence-electron chi connectivity index (χ4n) is 2.10. The van der Waals surface area contributed by atoms with Crippen molar-refractivity contribution in [2.75, 3.05) is 13.2 Å². The van der Waals surface area contributed by atoms with Crippen molar-refractivity contribution >= 4 is 15.9 Å². The second-order valence-electron chi connectivity index (χ2n) is 4.66. The van der Waals surface area contributed by atoms with Gasteiger partial charge in [0.1, 0.15) is 12.4 Å². The van der Waals surface area contributed by atoms with Gasteiger partial charge in [0.2, 0.25) is 0 Å². The Bertz CT molecular complexity index is 387. The van der Waals surface area contributed by atoms with Crippen LogP contribution < -0.4 is 4.74 Å². The fourth-order valence-corrected chi connectivity index (χ4v) is 2.44. The van der Waals surface area contributed by atoms with Crippen LogP contribution in [0.1, 0.15) is 37.9 Å². The highest BCUT2D eigenvalue weighted by Gasteiger charge is 2.16. The standard InChI is InChI=1S/C14H19BrO3/c1-10(16)13-6-5-11(15)8-14(13)18-9-12-4-2-3-7-17-12/h5-6,8,10,12,16H,2-4,7,9H2,1H3. The van der Waals surface area contributed by atoms with Crippen LogP contribution in [0.25, 0.3) is 0 Å². The molecule has 2 unspecified atom stereocenters. The highest BCUT2D eigenvalue weighted by molar-refractivity contribution is 9.10. The third-order valence-corrected chi connectivity index (χ3v) is 3.62. The molecule has 2 rings (SSSR count). The monoisotopic (exact) mass is 314 g/mol. The van der Waals surface area contributed by atoms with Gasteiger partial charge in [-0.15, -0.1) is 0 Å². The Hall–Kier alpha value is -0.580. The van der Waals surface area contributed by atoms with Crippen LogP contribution in [-0.4, -0.2) is 24.4 Å². The average Bonchev–Trinajstić information content (AvgIpc) is 2.37. The summed E-state index contributed by atoms with van der Waals surface area (Å²) in [6.07, 6.45) is 3.06. The van der Waals surface area contributed by atoms with E-state index >= 15 is 0 Å². The second kappa shape index (κ2) is 6.55. The molecule has 1 aromatic carbocycles. The molecule has 3 nitrogen and oxygen atoms in total. The first kappa shape index (κ1) is 13.8. The zero-order valence-electron chi connectivity index (χ0n) is 10.6. The topological polar surface area (TPSA) is 38.7 Å². The van der Waals surface area contributed by atoms with Crippen molar-refractivity contribution in [3.05, 3.63) is 28.2 Å². The van der Waals surface area contributed by atoms with Crippen molar-refractivity contribution in [2.24, 2.45) is 0 Å². The smallest absolute Gasteiger partial charge is 0.126 e. The van der Waals surface area contributed by atoms with Crippen LogP contribution in [0.15, 0.2) is 22.7 Å². The van der Waals surface area contributed by atoms with Crippen LogP contribution in [0.5, 0.6) is 5.75 Å². The molecule has 1 heterocycles. The highest BCUT2D eigenvalue weighted by atomic mass is 79.9. The van der Waals surface area contributed by atoms with Gasteiger partial charge in [-0.1, -0.05) is 22.0 Å². The Kier molecular flexibility index (Phi) is 5.03. The van der Waals surface area contributed by atoms with Crippen LogP contribution >= 0.6 is 15.9 Å². The van der Waals surface area contributed by atoms with Gasteiger partial charge in [-0.25, -0.2) is 0 Å². The molecule has 0 aromatic heterocycles. The number of hydrogen-bond donors (Lipinski definition) is 1. The van der Waals surface area contributed by atoms with E-state index in [-0.39, 0.29) is 6.10 Å². The van der Waals surface area contributed by atoms with Gasteiger partial charge in [-0.05, 0) is 38.3 Å². The number of aliphatic hydroxyl groups is 1. The van der Waals surface area contributed by atoms with Crippen LogP contribution in [0, 0.1) is 0 Å². The van der Waals surface area contributed by atoms with Gasteiger partial charge < -0.3 is 14.6 Å². The third kappa shape index (κ3) is 3.70. The number of aliphatic hydroxyl groups excluding tert-OH is 1. The lowest BCUT2D eigenvalue weighted by atomic mass is 10.1. The molecule has 4 heteroatoms. The van der Waals surface area contributed by atoms with Gasteiger partial charge in [0.05, 0.1) is 12.2 Å². The van der Waals surface area contributed by atoms with E-state index in [9.17, 15) is 5.11 Å². The van der Waals surface area contributed by atoms with Crippen molar-refractivity contribution < 1.29 is 14.6 Å². The normalized spacial score (nSPS) is 21.6. The van der Waals surface area contributed by atoms with Gasteiger partial charge in [0, 0.05) is 16.6 Å². The predicted octanol–water partition coefficient (Wildman–Crippen LogP) is 3.45. The molecule has 1 aliphatic rings. The number of rotatable bonds is 4. The first-order chi connectivity index (χ1) is 8.66. The van der Waals surface area contributed by atoms with E-state index in [1.165, 1.54) is 6.42 Å². The van der Waals surface area contributed by atoms with Crippen LogP contribution in [-0.2, 0) is 4.74 Å². The lowest BCUT2D eigenvalue weighted by Gasteiger charge is -2.23. The maximum absolute atomic E-state index is 9.71. The van der Waals surface area contributed by atoms with Gasteiger partial charge in [-0.3, -0.25) is 0 Å². The molecular weight excluding hydrogens is 296 g/mol. The van der Waals surface area contributed by atoms with Crippen molar-refractivity contribution in [3.8, 4) is 5.75 Å². The Morgan fingerprint density at radius 2 is 2.33 bits per heavy atom. The molecule has 1 saturated heterocycles. The van der Waals surface area contributed by atoms with Crippen LogP contribution in [0.2, 0.25) is 0 Å². The maximum atomic E-state index is 9.71. The second-order valence-corrected chi connectivity index (χ2v) is 5.57. The molecule has 0 aliphatic carbocycles. The van der Waals surface area contributed by atoms with Gasteiger partial charge >= 0.3 is 0 Å². The minimum atomic E-state index is -0.527. The molecule has 0 spiro atoms. The van der Waals surface area contributed by atoms with E-state index in [0.717, 1.165) is 35.2 Å². The summed E-state index contributed by atoms with van der Waals surface area (Å²) in [6, 6.07) is 5.68. The van der Waals surface area contributed by atoms with Crippen LogP contribution in [0.3, 0.4) is 0 Å². The van der Waals surface area contributed by atoms with E-state index < -0.39 is 6.10 Å². The molecule has 1 aromatic rings. The summed E-state index contributed by atoms with van der Waals surface area (Å²) in [7, 11) is 0. The summed E-state index contributed by atoms with van der Waals surface area (Å²) >= 11 is 3.42. The third-order valence-electron chi connectivity index (χ3n) is 3.12. The lowest BCUT2D eigenvalue weighted by molar-refractivity contribution is -0.0116. The summed E-state index contributed by atoms with van der Waals surface area (Å²) in [5.41, 5.74) is 0.814. The SMILES string of the molecule is CC(O)c1ccc(Br)cc1OCC1CCCCO1. The van der Waals surface area contributed by atoms with E-state index in [4.69, 9.17) is 9.47 Å². The first-order valence-corrected chi connectivity index (χ1v) is 7.18. The number of ether oxygens (including phenoxy) is 2. The average molecular weight is 315 g/mol. The zero-order chi connectivity index (χ0) is 13.0. The summed E-state index contributed by atoms with van der Waals surface area (Å²) < 4.78 is 12.4. The van der Waals surface area contributed by atoms with Gasteiger partial charge in [-0.2, -0.15) is 0 Å². The fraction of sp³-hybridized carbons (Fsp3) is 0.571. The Labute approximate surface area is 116 Å². The Morgan fingerprint density at radius 1 is 1.50 bits per heavy atom. The van der Waals surface area contributed by atoms with Crippen molar-refractivity contribution in [1.29, 1.82) is 0 Å². The molecular formula is C14H19BrO3. The molecule has 1 fully saturated rings. The molecule has 1 aliphatic heterocycles. The van der Waals surface area contributed by atoms with E-state index in [1.807, 2.05) is 18.2 Å². The minimum absolute atomic E-state index is 0.180. The van der Waals surface area contributed by atoms with E-state index in [0.29, 0.717) is 6.61 Å². The van der Waals surface area contributed by atoms with Crippen molar-refractivity contribution in [2.45, 2.75) is 38.4 Å². The first-order valence-electron chi connectivity index (χ1n) is 6.38. The highest BCUT2D eigenvalue weighted by Crippen LogP contribution is 2.29. The van der Waals surface area contributed by atoms with E-state index in [1.54, 1.807) is 6.92 Å². The molecule has 0 bridgehead atoms. The summed E-state index contributed by atoms with van der Waals surface area (Å²) in [4.78, 5) is 0. The molecule has 1 N–H and O–H groups in total. The number of hydrogen-bond acceptors (Lipinski definition) is 3. The molecule has 0 amide bonds. The Balaban J connectivity index is 2.00. The number of halogens is 1. The predicted molar refractivity (Wildman–Crippen MR) is 73.9 cm³/mol. The molecule has 100 valence electrons. The van der Waals surface area contributed by atoms with Crippen LogP contribution in [0.4, 0.5) is 0 Å². The quantitative estimate of drug-likeness (QED) is 0.925. The molecule has 18 heavy (non-hydrogen) atoms. The molecule has 2 atom stereocenters. The minimum Gasteiger partial charge on any atom is -0.490 e. The van der Waals surface area contributed by atoms with Gasteiger partial charge in [0.25, 0.3) is 0 Å². The van der Waals surface area contributed by atoms with Gasteiger partial charge in [0.15, 0.2) is 0 Å². The van der Waals surface area contributed by atoms with E-state index in [2.05, 4.69) is 15.9 Å². The largest absolute Gasteiger partial charge is 0.490 e. The summed E-state index contributed by atoms with van der Waals surface area (Å²) in [5, 5.41) is 9.71. The Morgan fingerprint density at radius 3 is 3.00 bits per heavy atom. The number of benzene rings is 1. The summed E-state index contributed by atoms with van der Waals surface area (Å²) in [5.74, 6) is 0.730. The zero-order valence-corrected chi connectivity index (χ0v) is 12.1. The lowest BCUT2D eigenvalue weighted by Crippen LogP contribution is -2.26. The molecule has 0 radical (unpaired) electrons. The maximum Gasteiger partial charge on any atom is 0.126 e. The van der Waals surface area contributed by atoms with Crippen molar-refractivity contribution in [1.82, 2.24) is 0 Å².